The minimum Gasteiger partial charge on any atom is -0.411 e. The van der Waals surface area contributed by atoms with E-state index in [0.29, 0.717) is 5.56 Å². The van der Waals surface area contributed by atoms with E-state index in [1.807, 2.05) is 6.07 Å². The molecule has 0 spiro atoms. The van der Waals surface area contributed by atoms with Gasteiger partial charge in [-0.25, -0.2) is 0 Å². The third-order valence-corrected chi connectivity index (χ3v) is 4.10. The van der Waals surface area contributed by atoms with Gasteiger partial charge in [0.2, 0.25) is 0 Å². The Labute approximate surface area is 128 Å². The molecule has 7 heteroatoms. The summed E-state index contributed by atoms with van der Waals surface area (Å²) >= 11 is 0. The summed E-state index contributed by atoms with van der Waals surface area (Å²) in [7, 11) is -3.78. The minimum absolute atomic E-state index is 0.102. The van der Waals surface area contributed by atoms with Crippen LogP contribution in [0.1, 0.15) is 12.5 Å². The van der Waals surface area contributed by atoms with E-state index in [2.05, 4.69) is 15.1 Å². The topological polar surface area (TPSA) is 91.1 Å². The lowest BCUT2D eigenvalue weighted by atomic mass is 10.1. The van der Waals surface area contributed by atoms with Crippen molar-refractivity contribution in [3.63, 3.8) is 0 Å². The molecule has 0 saturated carbocycles. The SMILES string of the molecule is CC(=N/O)/C(=N/NS(=O)(=O)c1ccccc1)c1ccccc1. The summed E-state index contributed by atoms with van der Waals surface area (Å²) in [5.74, 6) is 0. The van der Waals surface area contributed by atoms with E-state index < -0.39 is 10.0 Å². The number of hydrogen-bond donors (Lipinski definition) is 2. The maximum Gasteiger partial charge on any atom is 0.276 e. The molecule has 0 radical (unpaired) electrons. The van der Waals surface area contributed by atoms with Gasteiger partial charge in [-0.1, -0.05) is 53.7 Å². The van der Waals surface area contributed by atoms with Crippen LogP contribution in [0.25, 0.3) is 0 Å². The lowest BCUT2D eigenvalue weighted by Gasteiger charge is -2.07. The molecule has 2 rings (SSSR count). The first-order valence-electron chi connectivity index (χ1n) is 6.43. The van der Waals surface area contributed by atoms with Crippen molar-refractivity contribution in [2.75, 3.05) is 0 Å². The zero-order chi connectivity index (χ0) is 16.0. The average molecular weight is 317 g/mol. The van der Waals surface area contributed by atoms with Crippen LogP contribution < -0.4 is 4.83 Å². The van der Waals surface area contributed by atoms with Crippen LogP contribution in [0, 0.1) is 0 Å². The molecule has 2 aromatic carbocycles. The molecule has 22 heavy (non-hydrogen) atoms. The average Bonchev–Trinajstić information content (AvgIpc) is 2.56. The van der Waals surface area contributed by atoms with Crippen LogP contribution in [-0.2, 0) is 10.0 Å². The lowest BCUT2D eigenvalue weighted by molar-refractivity contribution is 0.320. The fourth-order valence-corrected chi connectivity index (χ4v) is 2.59. The van der Waals surface area contributed by atoms with E-state index in [0.717, 1.165) is 0 Å². The minimum atomic E-state index is -3.78. The number of rotatable bonds is 5. The molecule has 0 aliphatic carbocycles. The van der Waals surface area contributed by atoms with E-state index in [1.165, 1.54) is 19.1 Å². The Balaban J connectivity index is 2.36. The van der Waals surface area contributed by atoms with Gasteiger partial charge in [-0.05, 0) is 19.1 Å². The number of nitrogens with zero attached hydrogens (tertiary/aromatic N) is 2. The second-order valence-electron chi connectivity index (χ2n) is 4.42. The molecule has 0 bridgehead atoms. The molecule has 2 aromatic rings. The molecule has 0 aliphatic heterocycles. The van der Waals surface area contributed by atoms with Gasteiger partial charge in [-0.2, -0.15) is 18.4 Å². The van der Waals surface area contributed by atoms with Crippen molar-refractivity contribution < 1.29 is 13.6 Å². The number of sulfonamides is 1. The summed E-state index contributed by atoms with van der Waals surface area (Å²) in [4.78, 5) is 2.26. The summed E-state index contributed by atoms with van der Waals surface area (Å²) in [6.45, 7) is 1.53. The first-order valence-corrected chi connectivity index (χ1v) is 7.92. The highest BCUT2D eigenvalue weighted by Crippen LogP contribution is 2.08. The van der Waals surface area contributed by atoms with Crippen molar-refractivity contribution in [1.29, 1.82) is 0 Å². The predicted octanol–water partition coefficient (Wildman–Crippen LogP) is 2.22. The maximum atomic E-state index is 12.2. The Morgan fingerprint density at radius 2 is 1.55 bits per heavy atom. The molecule has 0 aliphatic rings. The third-order valence-electron chi connectivity index (χ3n) is 2.87. The van der Waals surface area contributed by atoms with E-state index in [1.54, 1.807) is 42.5 Å². The number of hydrazone groups is 1. The van der Waals surface area contributed by atoms with Crippen LogP contribution in [0.15, 0.2) is 75.8 Å². The lowest BCUT2D eigenvalue weighted by Crippen LogP contribution is -2.23. The predicted molar refractivity (Wildman–Crippen MR) is 84.6 cm³/mol. The second-order valence-corrected chi connectivity index (χ2v) is 6.08. The largest absolute Gasteiger partial charge is 0.411 e. The standard InChI is InChI=1S/C15H15N3O3S/c1-12(17-19)15(13-8-4-2-5-9-13)16-18-22(20,21)14-10-6-3-7-11-14/h2-11,18-19H,1H3/b16-15-,17-12-. The molecule has 114 valence electrons. The fraction of sp³-hybridized carbons (Fsp3) is 0.0667. The van der Waals surface area contributed by atoms with E-state index in [4.69, 9.17) is 5.21 Å². The normalized spacial score (nSPS) is 13.0. The van der Waals surface area contributed by atoms with Gasteiger partial charge in [0, 0.05) is 5.56 Å². The number of nitrogens with one attached hydrogen (secondary N) is 1. The number of oxime groups is 1. The molecule has 2 N–H and O–H groups in total. The fourth-order valence-electron chi connectivity index (χ4n) is 1.76. The van der Waals surface area contributed by atoms with Gasteiger partial charge in [-0.15, -0.1) is 0 Å². The van der Waals surface area contributed by atoms with Crippen LogP contribution in [0.4, 0.5) is 0 Å². The van der Waals surface area contributed by atoms with Crippen LogP contribution in [0.5, 0.6) is 0 Å². The molecule has 0 heterocycles. The summed E-state index contributed by atoms with van der Waals surface area (Å²) < 4.78 is 24.3. The van der Waals surface area contributed by atoms with Crippen molar-refractivity contribution in [2.45, 2.75) is 11.8 Å². The molecule has 0 amide bonds. The van der Waals surface area contributed by atoms with Gasteiger partial charge in [0.1, 0.15) is 11.4 Å². The van der Waals surface area contributed by atoms with Crippen molar-refractivity contribution in [1.82, 2.24) is 4.83 Å². The molecule has 0 aromatic heterocycles. The Hall–Kier alpha value is -2.67. The number of benzene rings is 2. The zero-order valence-corrected chi connectivity index (χ0v) is 12.7. The first kappa shape index (κ1) is 15.7. The molecule has 6 nitrogen and oxygen atoms in total. The summed E-state index contributed by atoms with van der Waals surface area (Å²) in [5.41, 5.74) is 1.07. The smallest absolute Gasteiger partial charge is 0.276 e. The van der Waals surface area contributed by atoms with Gasteiger partial charge >= 0.3 is 0 Å². The highest BCUT2D eigenvalue weighted by atomic mass is 32.2. The molecule has 0 fully saturated rings. The van der Waals surface area contributed by atoms with Gasteiger partial charge in [-0.3, -0.25) is 0 Å². The molecule has 0 saturated heterocycles. The Bertz CT molecular complexity index is 785. The van der Waals surface area contributed by atoms with E-state index in [-0.39, 0.29) is 16.3 Å². The maximum absolute atomic E-state index is 12.2. The number of hydrogen-bond acceptors (Lipinski definition) is 5. The summed E-state index contributed by atoms with van der Waals surface area (Å²) in [6, 6.07) is 16.8. The van der Waals surface area contributed by atoms with Gasteiger partial charge in [0.15, 0.2) is 0 Å². The Kier molecular flexibility index (Phi) is 4.90. The van der Waals surface area contributed by atoms with Crippen LogP contribution in [-0.4, -0.2) is 25.0 Å². The van der Waals surface area contributed by atoms with Crippen molar-refractivity contribution >= 4 is 21.4 Å². The highest BCUT2D eigenvalue weighted by molar-refractivity contribution is 7.89. The van der Waals surface area contributed by atoms with E-state index in [9.17, 15) is 8.42 Å². The zero-order valence-electron chi connectivity index (χ0n) is 11.8. The molecule has 0 unspecified atom stereocenters. The third kappa shape index (κ3) is 3.70. The second kappa shape index (κ2) is 6.86. The Morgan fingerprint density at radius 3 is 2.09 bits per heavy atom. The van der Waals surface area contributed by atoms with Gasteiger partial charge in [0.05, 0.1) is 4.90 Å². The summed E-state index contributed by atoms with van der Waals surface area (Å²) in [6.07, 6.45) is 0. The van der Waals surface area contributed by atoms with Crippen LogP contribution in [0.3, 0.4) is 0 Å². The van der Waals surface area contributed by atoms with Crippen molar-refractivity contribution in [3.05, 3.63) is 66.2 Å². The molecular weight excluding hydrogens is 302 g/mol. The molecule has 0 atom stereocenters. The monoisotopic (exact) mass is 317 g/mol. The van der Waals surface area contributed by atoms with Gasteiger partial charge in [0.25, 0.3) is 10.0 Å². The quantitative estimate of drug-likeness (QED) is 0.503. The van der Waals surface area contributed by atoms with E-state index >= 15 is 0 Å². The highest BCUT2D eigenvalue weighted by Gasteiger charge is 2.14. The Morgan fingerprint density at radius 1 is 1.00 bits per heavy atom. The summed E-state index contributed by atoms with van der Waals surface area (Å²) in [5, 5.41) is 15.9. The van der Waals surface area contributed by atoms with Crippen molar-refractivity contribution in [3.8, 4) is 0 Å². The van der Waals surface area contributed by atoms with Crippen molar-refractivity contribution in [2.24, 2.45) is 10.3 Å². The van der Waals surface area contributed by atoms with Crippen LogP contribution >= 0.6 is 0 Å². The van der Waals surface area contributed by atoms with Crippen LogP contribution in [0.2, 0.25) is 0 Å². The first-order chi connectivity index (χ1) is 10.5. The van der Waals surface area contributed by atoms with Gasteiger partial charge < -0.3 is 5.21 Å². The molecular formula is C15H15N3O3S.